The third kappa shape index (κ3) is 19.9. The second kappa shape index (κ2) is 33.6. The zero-order chi connectivity index (χ0) is 64.9. The Morgan fingerprint density at radius 3 is 1.90 bits per heavy atom. The number of rotatable bonds is 19. The molecule has 5 aromatic rings. The van der Waals surface area contributed by atoms with Crippen molar-refractivity contribution < 1.29 is 56.4 Å². The molecule has 0 spiro atoms. The molecule has 7 atom stereocenters. The van der Waals surface area contributed by atoms with Crippen LogP contribution in [-0.4, -0.2) is 144 Å². The van der Waals surface area contributed by atoms with Crippen LogP contribution in [0.5, 0.6) is 11.5 Å². The minimum absolute atomic E-state index is 0.0574. The van der Waals surface area contributed by atoms with Crippen molar-refractivity contribution in [2.24, 2.45) is 17.4 Å². The van der Waals surface area contributed by atoms with Crippen LogP contribution < -0.4 is 42.8 Å². The number of carbonyl (C=O) groups excluding carboxylic acids is 7. The molecule has 3 aliphatic rings. The maximum Gasteiger partial charge on any atom is 0.294 e. The lowest BCUT2D eigenvalue weighted by Gasteiger charge is -2.32. The maximum absolute atomic E-state index is 14.6. The van der Waals surface area contributed by atoms with E-state index in [1.54, 1.807) is 50.2 Å². The molecule has 90 heavy (non-hydrogen) atoms. The number of carbonyl (C=O) groups is 7. The summed E-state index contributed by atoms with van der Waals surface area (Å²) in [5.74, 6) is -3.36. The van der Waals surface area contributed by atoms with E-state index >= 15 is 0 Å². The molecule has 3 aliphatic heterocycles. The number of fused-ring (bicyclic) bond motifs is 2. The number of benzene rings is 5. The summed E-state index contributed by atoms with van der Waals surface area (Å²) in [6.45, 7) is 8.89. The van der Waals surface area contributed by atoms with Crippen molar-refractivity contribution in [1.29, 1.82) is 0 Å². The van der Waals surface area contributed by atoms with Gasteiger partial charge >= 0.3 is 0 Å². The third-order valence-corrected chi connectivity index (χ3v) is 17.4. The largest absolute Gasteiger partial charge is 0.508 e. The molecule has 0 radical (unpaired) electrons. The van der Waals surface area contributed by atoms with Gasteiger partial charge in [0.25, 0.3) is 16.0 Å². The van der Waals surface area contributed by atoms with E-state index in [-0.39, 0.29) is 68.9 Å². The SMILES string of the molecule is CCCCCCCOc1ccc(-c2ccc(-c3ccc(C(=O)N[C@H]4CCCNC(=O)[C@@H]5C[C@H](N)CN5C(=O)[C@H](CCCN)NC(=O)[C@H](CCc5ccc(O)cc5)NC(=O)[C@@H]5CCCN5C(=O)[C@H](C(C)C)NC4=O)cc3)cc2)cc1.Cc1ccc(S(=O)(=O)O)cc1. The number of unbranched alkanes of at least 4 members (excludes halogenated alkanes) is 4. The van der Waals surface area contributed by atoms with Crippen LogP contribution in [0.3, 0.4) is 0 Å². The Hall–Kier alpha value is -8.18. The van der Waals surface area contributed by atoms with E-state index in [4.69, 9.17) is 20.8 Å². The molecule has 3 fully saturated rings. The summed E-state index contributed by atoms with van der Waals surface area (Å²) in [4.78, 5) is 103. The van der Waals surface area contributed by atoms with Crippen molar-refractivity contribution in [1.82, 2.24) is 36.4 Å². The third-order valence-electron chi connectivity index (χ3n) is 16.6. The highest BCUT2D eigenvalue weighted by atomic mass is 32.2. The lowest BCUT2D eigenvalue weighted by molar-refractivity contribution is -0.143. The van der Waals surface area contributed by atoms with Crippen LogP contribution in [0.25, 0.3) is 22.3 Å². The molecule has 8 rings (SSSR count). The average molecular weight is 1260 g/mol. The summed E-state index contributed by atoms with van der Waals surface area (Å²) in [5, 5.41) is 24.3. The van der Waals surface area contributed by atoms with E-state index in [1.807, 2.05) is 55.5 Å². The highest BCUT2D eigenvalue weighted by Gasteiger charge is 2.43. The lowest BCUT2D eigenvalue weighted by Crippen LogP contribution is -2.60. The molecule has 11 N–H and O–H groups in total. The Labute approximate surface area is 528 Å². The van der Waals surface area contributed by atoms with Crippen molar-refractivity contribution in [3.63, 3.8) is 0 Å². The van der Waals surface area contributed by atoms with Crippen LogP contribution in [0, 0.1) is 12.8 Å². The fourth-order valence-electron chi connectivity index (χ4n) is 11.3. The van der Waals surface area contributed by atoms with Gasteiger partial charge in [0, 0.05) is 31.2 Å². The van der Waals surface area contributed by atoms with Crippen molar-refractivity contribution in [2.45, 2.75) is 165 Å². The van der Waals surface area contributed by atoms with Crippen molar-refractivity contribution in [2.75, 3.05) is 32.8 Å². The maximum atomic E-state index is 14.6. The quantitative estimate of drug-likeness (QED) is 0.0306. The normalized spacial score (nSPS) is 21.4. The standard InChI is InChI=1S/C61H81N9O9.C7H8O3S/c1-4-5-6-7-8-36-79-48-30-26-44(27-31-48)42-20-18-41(19-21-42)43-22-24-45(25-23-43)55(72)65-49-13-10-34-64-58(75)53-37-46(63)38-70(53)60(77)51(12-9-33-62)67-56(73)50(32-17-40-15-28-47(71)29-16-40)66-59(76)52-14-11-35-69(52)61(78)54(39(2)3)68-57(49)74;1-6-2-4-7(5-3-6)11(8,9)10/h15-16,18-31,39,46,49-54,71H,4-14,17,32-38,62-63H2,1-3H3,(H,64,75)(H,65,72)(H,66,76)(H,67,73)(H,68,74);2-5H,1H3,(H,8,9,10)/t46-,49-,50-,51-,52-,53-,54-;/m0./s1. The number of aromatic hydroxyl groups is 1. The van der Waals surface area contributed by atoms with Gasteiger partial charge in [-0.2, -0.15) is 8.42 Å². The average Bonchev–Trinajstić information content (AvgIpc) is 1.98. The van der Waals surface area contributed by atoms with E-state index in [9.17, 15) is 47.1 Å². The van der Waals surface area contributed by atoms with E-state index in [0.29, 0.717) is 37.9 Å². The molecule has 0 unspecified atom stereocenters. The van der Waals surface area contributed by atoms with Gasteiger partial charge in [-0.25, -0.2) is 0 Å². The predicted octanol–water partition coefficient (Wildman–Crippen LogP) is 6.73. The number of nitrogens with one attached hydrogen (secondary N) is 5. The topological polar surface area (TPSA) is 322 Å². The van der Waals surface area contributed by atoms with E-state index in [2.05, 4.69) is 45.6 Å². The summed E-state index contributed by atoms with van der Waals surface area (Å²) in [6, 6.07) is 28.8. The number of nitrogens with two attached hydrogens (primary N) is 2. The number of aryl methyl sites for hydroxylation is 2. The molecule has 0 bridgehead atoms. The monoisotopic (exact) mass is 1260 g/mol. The molecule has 7 amide bonds. The Kier molecular flexibility index (Phi) is 25.9. The zero-order valence-corrected chi connectivity index (χ0v) is 52.9. The van der Waals surface area contributed by atoms with Crippen LogP contribution in [0.2, 0.25) is 0 Å². The number of phenols is 1. The van der Waals surface area contributed by atoms with Crippen LogP contribution >= 0.6 is 0 Å². The number of amides is 7. The van der Waals surface area contributed by atoms with Crippen LogP contribution in [-0.2, 0) is 45.3 Å². The molecule has 0 aromatic heterocycles. The predicted molar refractivity (Wildman–Crippen MR) is 344 cm³/mol. The van der Waals surface area contributed by atoms with Gasteiger partial charge in [0.15, 0.2) is 0 Å². The number of hydrogen-bond acceptors (Lipinski definition) is 13. The summed E-state index contributed by atoms with van der Waals surface area (Å²) < 4.78 is 35.5. The highest BCUT2D eigenvalue weighted by Crippen LogP contribution is 2.28. The first-order chi connectivity index (χ1) is 43.1. The fourth-order valence-corrected chi connectivity index (χ4v) is 11.8. The van der Waals surface area contributed by atoms with Crippen molar-refractivity contribution in [3.05, 3.63) is 138 Å². The second-order valence-electron chi connectivity index (χ2n) is 23.9. The molecule has 484 valence electrons. The van der Waals surface area contributed by atoms with Gasteiger partial charge in [-0.1, -0.05) is 125 Å². The number of hydrogen-bond donors (Lipinski definition) is 9. The van der Waals surface area contributed by atoms with Gasteiger partial charge in [-0.3, -0.25) is 38.1 Å². The molecular formula is C68H89N9O12S. The minimum Gasteiger partial charge on any atom is -0.508 e. The lowest BCUT2D eigenvalue weighted by atomic mass is 9.99. The van der Waals surface area contributed by atoms with Crippen LogP contribution in [0.15, 0.2) is 126 Å². The zero-order valence-electron chi connectivity index (χ0n) is 52.0. The molecule has 22 heteroatoms. The first kappa shape index (κ1) is 69.3. The number of ether oxygens (including phenoxy) is 1. The molecular weight excluding hydrogens is 1170 g/mol. The van der Waals surface area contributed by atoms with Gasteiger partial charge < -0.3 is 57.7 Å². The van der Waals surface area contributed by atoms with Crippen LogP contribution in [0.1, 0.15) is 126 Å². The second-order valence-corrected chi connectivity index (χ2v) is 25.3. The molecule has 3 heterocycles. The first-order valence-electron chi connectivity index (χ1n) is 31.5. The summed E-state index contributed by atoms with van der Waals surface area (Å²) in [7, 11) is -4.02. The Bertz CT molecular complexity index is 3310. The van der Waals surface area contributed by atoms with Gasteiger partial charge in [0.1, 0.15) is 47.8 Å². The van der Waals surface area contributed by atoms with Gasteiger partial charge in [0.2, 0.25) is 35.4 Å². The Morgan fingerprint density at radius 1 is 0.678 bits per heavy atom. The van der Waals surface area contributed by atoms with E-state index in [0.717, 1.165) is 45.6 Å². The number of phenolic OH excluding ortho intramolecular Hbond substituents is 1. The molecule has 0 saturated carbocycles. The van der Waals surface area contributed by atoms with Crippen molar-refractivity contribution >= 4 is 51.5 Å². The molecule has 0 aliphatic carbocycles. The smallest absolute Gasteiger partial charge is 0.294 e. The summed E-state index contributed by atoms with van der Waals surface area (Å²) >= 11 is 0. The molecule has 5 aromatic carbocycles. The van der Waals surface area contributed by atoms with Crippen molar-refractivity contribution in [3.8, 4) is 33.8 Å². The molecule has 3 saturated heterocycles. The summed E-state index contributed by atoms with van der Waals surface area (Å²) in [6.07, 6.45) is 8.07. The highest BCUT2D eigenvalue weighted by molar-refractivity contribution is 7.85. The fraction of sp³-hybridized carbons (Fsp3) is 0.456. The minimum atomic E-state index is -4.02. The Morgan fingerprint density at radius 2 is 1.29 bits per heavy atom. The van der Waals surface area contributed by atoms with E-state index in [1.165, 1.54) is 59.7 Å². The number of nitrogens with zero attached hydrogens (tertiary/aromatic N) is 2. The first-order valence-corrected chi connectivity index (χ1v) is 32.9. The van der Waals surface area contributed by atoms with Gasteiger partial charge in [-0.15, -0.1) is 0 Å². The Balaban J connectivity index is 0.000000944. The van der Waals surface area contributed by atoms with Gasteiger partial charge in [0.05, 0.1) is 11.5 Å². The van der Waals surface area contributed by atoms with Gasteiger partial charge in [-0.05, 0) is 160 Å². The van der Waals surface area contributed by atoms with E-state index < -0.39 is 99.7 Å². The molecule has 21 nitrogen and oxygen atoms in total. The summed E-state index contributed by atoms with van der Waals surface area (Å²) in [5.41, 5.74) is 18.3. The van der Waals surface area contributed by atoms with Crippen LogP contribution in [0.4, 0.5) is 0 Å².